The van der Waals surface area contributed by atoms with Crippen LogP contribution in [0.2, 0.25) is 0 Å². The third-order valence-corrected chi connectivity index (χ3v) is 4.86. The maximum atomic E-state index is 12.9. The van der Waals surface area contributed by atoms with Crippen LogP contribution in [0.25, 0.3) is 0 Å². The molecule has 0 bridgehead atoms. The lowest BCUT2D eigenvalue weighted by atomic mass is 9.92. The van der Waals surface area contributed by atoms with Crippen LogP contribution in [0.3, 0.4) is 0 Å². The van der Waals surface area contributed by atoms with Gasteiger partial charge in [-0.25, -0.2) is 4.39 Å². The number of rotatable bonds is 6. The minimum Gasteiger partial charge on any atom is -0.381 e. The minimum atomic E-state index is -0.581. The predicted molar refractivity (Wildman–Crippen MR) is 104 cm³/mol. The molecule has 0 saturated carbocycles. The number of carbonyl (C=O) groups is 2. The third-order valence-electron chi connectivity index (χ3n) is 4.86. The average Bonchev–Trinajstić information content (AvgIpc) is 2.73. The summed E-state index contributed by atoms with van der Waals surface area (Å²) < 4.78 is 18.2. The molecule has 1 unspecified atom stereocenters. The van der Waals surface area contributed by atoms with Crippen molar-refractivity contribution in [3.63, 3.8) is 0 Å². The fourth-order valence-electron chi connectivity index (χ4n) is 3.11. The summed E-state index contributed by atoms with van der Waals surface area (Å²) in [7, 11) is 0. The monoisotopic (exact) mass is 385 g/mol. The number of anilines is 1. The van der Waals surface area contributed by atoms with Gasteiger partial charge in [0.25, 0.3) is 5.91 Å². The van der Waals surface area contributed by atoms with Crippen LogP contribution in [0, 0.1) is 11.7 Å². The van der Waals surface area contributed by atoms with Crippen molar-refractivity contribution >= 4 is 17.5 Å². The number of hydrogen-bond acceptors (Lipinski definition) is 4. The molecule has 28 heavy (non-hydrogen) atoms. The molecule has 1 fully saturated rings. The molecule has 6 nitrogen and oxygen atoms in total. The van der Waals surface area contributed by atoms with E-state index in [0.29, 0.717) is 31.0 Å². The first-order chi connectivity index (χ1) is 13.5. The first-order valence-corrected chi connectivity index (χ1v) is 9.30. The van der Waals surface area contributed by atoms with Gasteiger partial charge in [0.1, 0.15) is 5.82 Å². The quantitative estimate of drug-likeness (QED) is 0.712. The third kappa shape index (κ3) is 5.37. The Morgan fingerprint density at radius 2 is 1.71 bits per heavy atom. The smallest absolute Gasteiger partial charge is 0.251 e. The van der Waals surface area contributed by atoms with E-state index in [4.69, 9.17) is 10.5 Å². The summed E-state index contributed by atoms with van der Waals surface area (Å²) in [5.41, 5.74) is 7.93. The summed E-state index contributed by atoms with van der Waals surface area (Å²) in [6.07, 6.45) is 1.56. The Hall–Kier alpha value is -2.77. The predicted octanol–water partition coefficient (Wildman–Crippen LogP) is 2.45. The van der Waals surface area contributed by atoms with Gasteiger partial charge in [-0.3, -0.25) is 9.59 Å². The molecule has 0 aliphatic carbocycles. The molecule has 1 aliphatic rings. The van der Waals surface area contributed by atoms with E-state index in [1.807, 2.05) is 0 Å². The fraction of sp³-hybridized carbons (Fsp3) is 0.333. The van der Waals surface area contributed by atoms with Crippen molar-refractivity contribution in [2.45, 2.75) is 25.4 Å². The normalized spacial score (nSPS) is 15.6. The van der Waals surface area contributed by atoms with Crippen molar-refractivity contribution in [1.29, 1.82) is 0 Å². The molecule has 2 aromatic rings. The van der Waals surface area contributed by atoms with Crippen LogP contribution in [0.4, 0.5) is 10.1 Å². The maximum absolute atomic E-state index is 12.9. The van der Waals surface area contributed by atoms with Crippen molar-refractivity contribution in [3.05, 3.63) is 65.5 Å². The summed E-state index contributed by atoms with van der Waals surface area (Å²) in [6, 6.07) is 12.0. The Bertz CT molecular complexity index is 803. The zero-order valence-corrected chi connectivity index (χ0v) is 15.5. The number of nitrogens with one attached hydrogen (secondary N) is 2. The minimum absolute atomic E-state index is 0.116. The second-order valence-electron chi connectivity index (χ2n) is 6.85. The van der Waals surface area contributed by atoms with E-state index >= 15 is 0 Å². The van der Waals surface area contributed by atoms with E-state index in [9.17, 15) is 14.0 Å². The van der Waals surface area contributed by atoms with E-state index in [2.05, 4.69) is 10.6 Å². The molecule has 1 heterocycles. The Morgan fingerprint density at radius 3 is 2.36 bits per heavy atom. The Morgan fingerprint density at radius 1 is 1.07 bits per heavy atom. The summed E-state index contributed by atoms with van der Waals surface area (Å²) in [5.74, 6) is -0.684. The first kappa shape index (κ1) is 20.0. The van der Waals surface area contributed by atoms with Crippen LogP contribution in [-0.4, -0.2) is 31.1 Å². The zero-order valence-electron chi connectivity index (χ0n) is 15.5. The van der Waals surface area contributed by atoms with Gasteiger partial charge in [0.05, 0.1) is 6.04 Å². The Balaban J connectivity index is 1.51. The van der Waals surface area contributed by atoms with Gasteiger partial charge in [-0.05, 0) is 60.7 Å². The van der Waals surface area contributed by atoms with Crippen molar-refractivity contribution < 1.29 is 18.7 Å². The lowest BCUT2D eigenvalue weighted by Crippen LogP contribution is -2.44. The van der Waals surface area contributed by atoms with Gasteiger partial charge >= 0.3 is 0 Å². The molecule has 2 aromatic carbocycles. The van der Waals surface area contributed by atoms with E-state index in [1.54, 1.807) is 36.4 Å². The Labute approximate surface area is 163 Å². The molecule has 4 N–H and O–H groups in total. The highest BCUT2D eigenvalue weighted by atomic mass is 19.1. The van der Waals surface area contributed by atoms with Crippen molar-refractivity contribution in [3.8, 4) is 0 Å². The van der Waals surface area contributed by atoms with Gasteiger partial charge in [0.15, 0.2) is 0 Å². The molecule has 2 amide bonds. The molecule has 1 saturated heterocycles. The molecule has 1 atom stereocenters. The van der Waals surface area contributed by atoms with Gasteiger partial charge < -0.3 is 21.1 Å². The number of ether oxygens (including phenoxy) is 1. The fourth-order valence-corrected chi connectivity index (χ4v) is 3.11. The molecule has 0 aromatic heterocycles. The second-order valence-corrected chi connectivity index (χ2v) is 6.85. The number of nitrogens with two attached hydrogens (primary N) is 1. The highest BCUT2D eigenvalue weighted by Gasteiger charge is 2.26. The molecule has 0 spiro atoms. The van der Waals surface area contributed by atoms with E-state index < -0.39 is 6.04 Å². The van der Waals surface area contributed by atoms with E-state index in [0.717, 1.165) is 18.4 Å². The number of amides is 2. The SMILES string of the molecule is NC(C(=O)Nc1ccc(C(=O)NCc2ccc(F)cc2)cc1)C1CCOCC1. The first-order valence-electron chi connectivity index (χ1n) is 9.30. The highest BCUT2D eigenvalue weighted by molar-refractivity contribution is 5.97. The molecule has 0 radical (unpaired) electrons. The summed E-state index contributed by atoms with van der Waals surface area (Å²) in [6.45, 7) is 1.57. The highest BCUT2D eigenvalue weighted by Crippen LogP contribution is 2.19. The van der Waals surface area contributed by atoms with E-state index in [-0.39, 0.29) is 23.5 Å². The summed E-state index contributed by atoms with van der Waals surface area (Å²) >= 11 is 0. The van der Waals surface area contributed by atoms with Gasteiger partial charge in [0.2, 0.25) is 5.91 Å². The standard InChI is InChI=1S/C21H24FN3O3/c22-17-5-1-14(2-6-17)13-24-20(26)16-3-7-18(8-4-16)25-21(27)19(23)15-9-11-28-12-10-15/h1-8,15,19H,9-13,23H2,(H,24,26)(H,25,27). The summed E-state index contributed by atoms with van der Waals surface area (Å²) in [5, 5.41) is 5.57. The van der Waals surface area contributed by atoms with Gasteiger partial charge in [0, 0.05) is 31.0 Å². The zero-order chi connectivity index (χ0) is 19.9. The van der Waals surface area contributed by atoms with Crippen LogP contribution in [0.15, 0.2) is 48.5 Å². The molecular weight excluding hydrogens is 361 g/mol. The molecule has 7 heteroatoms. The second kappa shape index (κ2) is 9.43. The van der Waals surface area contributed by atoms with Crippen molar-refractivity contribution in [1.82, 2.24) is 5.32 Å². The number of halogens is 1. The van der Waals surface area contributed by atoms with Crippen LogP contribution >= 0.6 is 0 Å². The van der Waals surface area contributed by atoms with Gasteiger partial charge in [-0.2, -0.15) is 0 Å². The van der Waals surface area contributed by atoms with Gasteiger partial charge in [-0.15, -0.1) is 0 Å². The largest absolute Gasteiger partial charge is 0.381 e. The van der Waals surface area contributed by atoms with Crippen LogP contribution in [0.5, 0.6) is 0 Å². The van der Waals surface area contributed by atoms with Gasteiger partial charge in [-0.1, -0.05) is 12.1 Å². The van der Waals surface area contributed by atoms with Crippen LogP contribution < -0.4 is 16.4 Å². The maximum Gasteiger partial charge on any atom is 0.251 e. The number of hydrogen-bond donors (Lipinski definition) is 3. The number of benzene rings is 2. The molecular formula is C21H24FN3O3. The molecule has 3 rings (SSSR count). The lowest BCUT2D eigenvalue weighted by Gasteiger charge is -2.26. The van der Waals surface area contributed by atoms with Crippen molar-refractivity contribution in [2.24, 2.45) is 11.7 Å². The summed E-state index contributed by atoms with van der Waals surface area (Å²) in [4.78, 5) is 24.6. The van der Waals surface area contributed by atoms with Crippen LogP contribution in [0.1, 0.15) is 28.8 Å². The average molecular weight is 385 g/mol. The topological polar surface area (TPSA) is 93.5 Å². The lowest BCUT2D eigenvalue weighted by molar-refractivity contribution is -0.119. The van der Waals surface area contributed by atoms with E-state index in [1.165, 1.54) is 12.1 Å². The molecule has 1 aliphatic heterocycles. The Kier molecular flexibility index (Phi) is 6.73. The molecule has 148 valence electrons. The van der Waals surface area contributed by atoms with Crippen molar-refractivity contribution in [2.75, 3.05) is 18.5 Å². The number of carbonyl (C=O) groups excluding carboxylic acids is 2. The van der Waals surface area contributed by atoms with Crippen LogP contribution in [-0.2, 0) is 16.1 Å².